The second-order valence-electron chi connectivity index (χ2n) is 7.02. The van der Waals surface area contributed by atoms with E-state index in [0.717, 1.165) is 5.56 Å². The summed E-state index contributed by atoms with van der Waals surface area (Å²) in [6, 6.07) is 0. The molecule has 3 heterocycles. The fourth-order valence-electron chi connectivity index (χ4n) is 2.73. The quantitative estimate of drug-likeness (QED) is 0.551. The summed E-state index contributed by atoms with van der Waals surface area (Å²) in [6.07, 6.45) is 1.89. The highest BCUT2D eigenvalue weighted by atomic mass is 28.3. The van der Waals surface area contributed by atoms with Crippen molar-refractivity contribution in [3.8, 4) is 11.5 Å². The smallest absolute Gasteiger partial charge is 0.148 e. The molecular weight excluding hydrogens is 324 g/mol. The van der Waals surface area contributed by atoms with Gasteiger partial charge in [-0.2, -0.15) is 0 Å². The van der Waals surface area contributed by atoms with Crippen molar-refractivity contribution in [3.63, 3.8) is 0 Å². The van der Waals surface area contributed by atoms with Crippen LogP contribution in [0.25, 0.3) is 11.0 Å². The van der Waals surface area contributed by atoms with Crippen molar-refractivity contribution in [2.45, 2.75) is 44.5 Å². The molecule has 128 valence electrons. The van der Waals surface area contributed by atoms with Crippen LogP contribution >= 0.6 is 0 Å². The number of hydrogen-bond acceptors (Lipinski definition) is 6. The maximum Gasteiger partial charge on any atom is 0.148 e. The molecule has 0 spiro atoms. The van der Waals surface area contributed by atoms with Crippen LogP contribution in [0.1, 0.15) is 18.2 Å². The van der Waals surface area contributed by atoms with E-state index < -0.39 is 26.5 Å². The Morgan fingerprint density at radius 2 is 2.17 bits per heavy atom. The normalized spacial score (nSPS) is 24.1. The first-order valence-electron chi connectivity index (χ1n) is 7.88. The Bertz CT molecular complexity index is 818. The van der Waals surface area contributed by atoms with E-state index in [1.165, 1.54) is 6.33 Å². The number of nitrogens with two attached hydrogens (primary N) is 1. The largest absolute Gasteiger partial charge is 0.394 e. The molecule has 24 heavy (non-hydrogen) atoms. The van der Waals surface area contributed by atoms with E-state index in [9.17, 15) is 10.2 Å². The molecule has 0 amide bonds. The van der Waals surface area contributed by atoms with Crippen molar-refractivity contribution in [2.75, 3.05) is 12.3 Å². The van der Waals surface area contributed by atoms with Gasteiger partial charge < -0.3 is 25.3 Å². The minimum atomic E-state index is -1.55. The standard InChI is InChI=1S/C16H22N4O3Si/c1-24(2,3)5-4-10-7-20(13-6-11(22)12(8-21)23-13)16-14(10)15(17)18-9-19-16/h7,9,11-13,21-22H,6,8H2,1-3H3,(H2,17,18,19)/t11-,12+,13+/m0/s1. The van der Waals surface area contributed by atoms with Gasteiger partial charge in [-0.25, -0.2) is 9.97 Å². The van der Waals surface area contributed by atoms with Crippen molar-refractivity contribution in [1.82, 2.24) is 14.5 Å². The van der Waals surface area contributed by atoms with Crippen molar-refractivity contribution in [3.05, 3.63) is 18.1 Å². The highest BCUT2D eigenvalue weighted by molar-refractivity contribution is 6.83. The zero-order valence-corrected chi connectivity index (χ0v) is 15.0. The van der Waals surface area contributed by atoms with Crippen LogP contribution in [-0.2, 0) is 4.74 Å². The molecule has 1 aliphatic heterocycles. The van der Waals surface area contributed by atoms with Gasteiger partial charge in [0.15, 0.2) is 0 Å². The Morgan fingerprint density at radius 1 is 1.42 bits per heavy atom. The Morgan fingerprint density at radius 3 is 2.79 bits per heavy atom. The minimum absolute atomic E-state index is 0.226. The van der Waals surface area contributed by atoms with Gasteiger partial charge in [-0.15, -0.1) is 5.54 Å². The van der Waals surface area contributed by atoms with Crippen molar-refractivity contribution in [1.29, 1.82) is 0 Å². The Hall–Kier alpha value is -1.92. The molecule has 4 N–H and O–H groups in total. The summed E-state index contributed by atoms with van der Waals surface area (Å²) in [5.41, 5.74) is 10.7. The number of aromatic nitrogens is 3. The number of anilines is 1. The topological polar surface area (TPSA) is 106 Å². The molecule has 1 fully saturated rings. The van der Waals surface area contributed by atoms with Crippen LogP contribution in [0.15, 0.2) is 12.5 Å². The van der Waals surface area contributed by atoms with E-state index in [4.69, 9.17) is 10.5 Å². The van der Waals surface area contributed by atoms with Crippen molar-refractivity contribution in [2.24, 2.45) is 0 Å². The number of aliphatic hydroxyl groups excluding tert-OH is 2. The van der Waals surface area contributed by atoms with E-state index in [-0.39, 0.29) is 6.61 Å². The number of nitrogens with zero attached hydrogens (tertiary/aromatic N) is 3. The van der Waals surface area contributed by atoms with Gasteiger partial charge in [0.1, 0.15) is 38.2 Å². The first kappa shape index (κ1) is 16.9. The van der Waals surface area contributed by atoms with Crippen LogP contribution < -0.4 is 5.73 Å². The molecule has 3 rings (SSSR count). The second-order valence-corrected chi connectivity index (χ2v) is 11.8. The van der Waals surface area contributed by atoms with E-state index in [1.807, 2.05) is 10.8 Å². The Labute approximate surface area is 141 Å². The molecule has 7 nitrogen and oxygen atoms in total. The fraction of sp³-hybridized carbons (Fsp3) is 0.500. The fourth-order valence-corrected chi connectivity index (χ4v) is 3.24. The summed E-state index contributed by atoms with van der Waals surface area (Å²) in [6.45, 7) is 6.28. The Balaban J connectivity index is 2.10. The van der Waals surface area contributed by atoms with Gasteiger partial charge in [-0.3, -0.25) is 0 Å². The summed E-state index contributed by atoms with van der Waals surface area (Å²) >= 11 is 0. The second kappa shape index (κ2) is 6.18. The van der Waals surface area contributed by atoms with Crippen molar-refractivity contribution >= 4 is 24.9 Å². The summed E-state index contributed by atoms with van der Waals surface area (Å²) < 4.78 is 7.56. The first-order valence-corrected chi connectivity index (χ1v) is 11.4. The molecule has 0 aliphatic carbocycles. The lowest BCUT2D eigenvalue weighted by molar-refractivity contribution is -0.0430. The van der Waals surface area contributed by atoms with Gasteiger partial charge in [0.05, 0.1) is 23.7 Å². The molecule has 0 radical (unpaired) electrons. The molecule has 3 atom stereocenters. The maximum absolute atomic E-state index is 9.99. The summed E-state index contributed by atoms with van der Waals surface area (Å²) in [5.74, 6) is 3.58. The van der Waals surface area contributed by atoms with Crippen LogP contribution in [0.4, 0.5) is 5.82 Å². The van der Waals surface area contributed by atoms with Crippen LogP contribution in [0.5, 0.6) is 0 Å². The van der Waals surface area contributed by atoms with Gasteiger partial charge in [0.25, 0.3) is 0 Å². The average molecular weight is 346 g/mol. The predicted octanol–water partition coefficient (Wildman–Crippen LogP) is 0.883. The van der Waals surface area contributed by atoms with Gasteiger partial charge >= 0.3 is 0 Å². The molecule has 2 aromatic rings. The maximum atomic E-state index is 9.99. The van der Waals surface area contributed by atoms with Gasteiger partial charge in [-0.05, 0) is 0 Å². The lowest BCUT2D eigenvalue weighted by Crippen LogP contribution is -2.24. The Kier molecular flexibility index (Phi) is 4.36. The number of aliphatic hydroxyl groups is 2. The third-order valence-corrected chi connectivity index (χ3v) is 4.78. The summed E-state index contributed by atoms with van der Waals surface area (Å²) in [4.78, 5) is 8.38. The minimum Gasteiger partial charge on any atom is -0.394 e. The first-order chi connectivity index (χ1) is 11.3. The van der Waals surface area contributed by atoms with Crippen LogP contribution in [0.2, 0.25) is 19.6 Å². The van der Waals surface area contributed by atoms with E-state index >= 15 is 0 Å². The van der Waals surface area contributed by atoms with E-state index in [1.54, 1.807) is 0 Å². The lowest BCUT2D eigenvalue weighted by atomic mass is 10.2. The third-order valence-electron chi connectivity index (χ3n) is 3.91. The molecule has 1 aliphatic rings. The third kappa shape index (κ3) is 3.16. The van der Waals surface area contributed by atoms with E-state index in [2.05, 4.69) is 41.1 Å². The molecule has 8 heteroatoms. The van der Waals surface area contributed by atoms with Crippen LogP contribution in [-0.4, -0.2) is 51.6 Å². The monoisotopic (exact) mass is 346 g/mol. The van der Waals surface area contributed by atoms with Crippen LogP contribution in [0, 0.1) is 11.5 Å². The number of rotatable bonds is 2. The van der Waals surface area contributed by atoms with Gasteiger partial charge in [0.2, 0.25) is 0 Å². The summed E-state index contributed by atoms with van der Waals surface area (Å²) in [5, 5.41) is 20.0. The van der Waals surface area contributed by atoms with Gasteiger partial charge in [0, 0.05) is 12.6 Å². The lowest BCUT2D eigenvalue weighted by Gasteiger charge is -2.14. The van der Waals surface area contributed by atoms with Gasteiger partial charge in [-0.1, -0.05) is 25.6 Å². The molecular formula is C16H22N4O3Si. The zero-order valence-electron chi connectivity index (χ0n) is 14.0. The number of ether oxygens (including phenoxy) is 1. The molecule has 0 aromatic carbocycles. The van der Waals surface area contributed by atoms with Crippen molar-refractivity contribution < 1.29 is 14.9 Å². The number of hydrogen-bond donors (Lipinski definition) is 3. The number of fused-ring (bicyclic) bond motifs is 1. The summed E-state index contributed by atoms with van der Waals surface area (Å²) in [7, 11) is -1.55. The number of nitrogen functional groups attached to an aromatic ring is 1. The van der Waals surface area contributed by atoms with Crippen LogP contribution in [0.3, 0.4) is 0 Å². The van der Waals surface area contributed by atoms with E-state index in [0.29, 0.717) is 23.3 Å². The average Bonchev–Trinajstić information content (AvgIpc) is 3.05. The SMILES string of the molecule is C[Si](C)(C)C#Cc1cn([C@H]2C[C@H](O)[C@@H](CO)O2)c2ncnc(N)c12. The molecule has 0 bridgehead atoms. The predicted molar refractivity (Wildman–Crippen MR) is 93.8 cm³/mol. The highest BCUT2D eigenvalue weighted by Crippen LogP contribution is 2.33. The highest BCUT2D eigenvalue weighted by Gasteiger charge is 2.35. The molecule has 1 saturated heterocycles. The molecule has 2 aromatic heterocycles. The molecule has 0 unspecified atom stereocenters. The zero-order chi connectivity index (χ0) is 17.5. The molecule has 0 saturated carbocycles.